The molecule has 0 spiro atoms. The Balaban J connectivity index is 1.58. The van der Waals surface area contributed by atoms with E-state index in [4.69, 9.17) is 22.6 Å². The van der Waals surface area contributed by atoms with Gasteiger partial charge in [0.1, 0.15) is 11.5 Å². The Morgan fingerprint density at radius 1 is 1.38 bits per heavy atom. The summed E-state index contributed by atoms with van der Waals surface area (Å²) in [5, 5.41) is 16.1. The molecule has 4 rings (SSSR count). The molecule has 2 aliphatic rings. The van der Waals surface area contributed by atoms with Gasteiger partial charge in [-0.2, -0.15) is 5.10 Å². The highest BCUT2D eigenvalue weighted by Gasteiger charge is 2.36. The summed E-state index contributed by atoms with van der Waals surface area (Å²) in [5.41, 5.74) is 7.11. The number of carbonyl (C=O) groups excluding carboxylic acids is 2. The summed E-state index contributed by atoms with van der Waals surface area (Å²) in [7, 11) is 0. The fraction of sp³-hybridized carbons (Fsp3) is 0.333. The van der Waals surface area contributed by atoms with Gasteiger partial charge in [-0.05, 0) is 30.8 Å². The van der Waals surface area contributed by atoms with Crippen LogP contribution in [0.4, 0.5) is 9.18 Å². The summed E-state index contributed by atoms with van der Waals surface area (Å²) in [6.07, 6.45) is 1.30. The van der Waals surface area contributed by atoms with E-state index < -0.39 is 11.7 Å². The molecule has 0 unspecified atom stereocenters. The molecule has 3 heterocycles. The van der Waals surface area contributed by atoms with Gasteiger partial charge in [-0.1, -0.05) is 11.6 Å². The molecule has 1 fully saturated rings. The predicted octanol–water partition coefficient (Wildman–Crippen LogP) is 1.91. The van der Waals surface area contributed by atoms with Crippen LogP contribution in [-0.2, 0) is 13.1 Å². The van der Waals surface area contributed by atoms with Crippen molar-refractivity contribution in [1.82, 2.24) is 20.0 Å². The van der Waals surface area contributed by atoms with Crippen LogP contribution < -0.4 is 11.1 Å². The summed E-state index contributed by atoms with van der Waals surface area (Å²) in [6, 6.07) is 3.82. The number of benzene rings is 1. The molecule has 29 heavy (non-hydrogen) atoms. The average molecular weight is 415 g/mol. The third-order valence-corrected chi connectivity index (χ3v) is 5.64. The first-order chi connectivity index (χ1) is 13.9. The maximum atomic E-state index is 13.5. The second-order valence-corrected chi connectivity index (χ2v) is 7.66. The van der Waals surface area contributed by atoms with Crippen LogP contribution in [0.5, 0.6) is 0 Å². The monoisotopic (exact) mass is 414 g/mol. The zero-order valence-electron chi connectivity index (χ0n) is 15.4. The molecule has 0 radical (unpaired) electrons. The van der Waals surface area contributed by atoms with E-state index in [1.165, 1.54) is 18.2 Å². The molecule has 148 valence electrons. The highest BCUT2D eigenvalue weighted by molar-refractivity contribution is 6.70. The van der Waals surface area contributed by atoms with Crippen LogP contribution in [0.1, 0.15) is 16.1 Å². The fourth-order valence-electron chi connectivity index (χ4n) is 3.70. The zero-order valence-corrected chi connectivity index (χ0v) is 16.1. The zero-order chi connectivity index (χ0) is 20.7. The van der Waals surface area contributed by atoms with Crippen LogP contribution in [-0.4, -0.2) is 45.9 Å². The SMILES string of the molecule is N#CB1CC(NC(=O)N2CCn3nc(-c4ccc(F)c(Cl)c4)c(C(N)=O)c3C2)C1. The van der Waals surface area contributed by atoms with E-state index >= 15 is 0 Å². The van der Waals surface area contributed by atoms with Gasteiger partial charge in [0.2, 0.25) is 0 Å². The Kier molecular flexibility index (Phi) is 4.92. The van der Waals surface area contributed by atoms with Gasteiger partial charge >= 0.3 is 6.03 Å². The predicted molar refractivity (Wildman–Crippen MR) is 105 cm³/mol. The number of urea groups is 1. The number of hydrogen-bond acceptors (Lipinski definition) is 4. The normalized spacial score (nSPS) is 16.0. The summed E-state index contributed by atoms with van der Waals surface area (Å²) in [6.45, 7) is 0.968. The Morgan fingerprint density at radius 2 is 2.14 bits per heavy atom. The van der Waals surface area contributed by atoms with Crippen molar-refractivity contribution in [3.63, 3.8) is 0 Å². The number of aromatic nitrogens is 2. The van der Waals surface area contributed by atoms with E-state index in [1.807, 2.05) is 0 Å². The third kappa shape index (κ3) is 3.54. The molecule has 1 aromatic heterocycles. The number of halogens is 2. The van der Waals surface area contributed by atoms with Crippen molar-refractivity contribution in [3.8, 4) is 17.2 Å². The highest BCUT2D eigenvalue weighted by Crippen LogP contribution is 2.31. The number of rotatable bonds is 3. The molecule has 3 N–H and O–H groups in total. The van der Waals surface area contributed by atoms with Gasteiger partial charge in [0.15, 0.2) is 0 Å². The van der Waals surface area contributed by atoms with Crippen molar-refractivity contribution in [1.29, 1.82) is 5.26 Å². The van der Waals surface area contributed by atoms with Crippen molar-refractivity contribution in [2.45, 2.75) is 31.8 Å². The molecule has 0 bridgehead atoms. The summed E-state index contributed by atoms with van der Waals surface area (Å²) >= 11 is 5.87. The minimum absolute atomic E-state index is 0.00496. The molecule has 2 aliphatic heterocycles. The Labute approximate surface area is 171 Å². The minimum Gasteiger partial charge on any atom is -0.365 e. The molecule has 11 heteroatoms. The van der Waals surface area contributed by atoms with Gasteiger partial charge in [-0.15, -0.1) is 0 Å². The number of fused-ring (bicyclic) bond motifs is 1. The maximum Gasteiger partial charge on any atom is 0.317 e. The molecular weight excluding hydrogens is 398 g/mol. The Morgan fingerprint density at radius 3 is 2.79 bits per heavy atom. The van der Waals surface area contributed by atoms with Crippen molar-refractivity contribution >= 4 is 30.3 Å². The molecule has 0 atom stereocenters. The number of nitrogens with zero attached hydrogens (tertiary/aromatic N) is 4. The quantitative estimate of drug-likeness (QED) is 0.746. The Hall–Kier alpha value is -3.06. The van der Waals surface area contributed by atoms with Gasteiger partial charge in [0.05, 0.1) is 29.4 Å². The molecular formula is C18H17BClFN6O2. The van der Waals surface area contributed by atoms with E-state index in [1.54, 1.807) is 9.58 Å². The van der Waals surface area contributed by atoms with Gasteiger partial charge < -0.3 is 16.0 Å². The fourth-order valence-corrected chi connectivity index (χ4v) is 3.88. The number of primary amides is 1. The molecule has 8 nitrogen and oxygen atoms in total. The molecule has 0 aliphatic carbocycles. The van der Waals surface area contributed by atoms with E-state index in [2.05, 4.69) is 16.4 Å². The van der Waals surface area contributed by atoms with E-state index in [0.717, 1.165) is 0 Å². The minimum atomic E-state index is -0.681. The molecule has 1 aromatic carbocycles. The lowest BCUT2D eigenvalue weighted by molar-refractivity contribution is 0.0997. The van der Waals surface area contributed by atoms with Gasteiger partial charge in [0, 0.05) is 24.1 Å². The standard InChI is InChI=1S/C18H17BClFN6O2/c20-12-5-10(1-2-13(12)21)16-15(17(23)28)14-8-26(3-4-27(14)25-16)18(29)24-11-6-19(7-11)9-22/h1-2,5,11H,3-4,6-8H2,(H2,23,28)(H,24,29). The molecule has 3 amide bonds. The summed E-state index contributed by atoms with van der Waals surface area (Å²) in [4.78, 5) is 26.3. The van der Waals surface area contributed by atoms with E-state index in [9.17, 15) is 14.0 Å². The Bertz CT molecular complexity index is 1050. The van der Waals surface area contributed by atoms with Crippen LogP contribution in [0.3, 0.4) is 0 Å². The van der Waals surface area contributed by atoms with Gasteiger partial charge in [0.25, 0.3) is 12.6 Å². The second-order valence-electron chi connectivity index (χ2n) is 7.25. The molecule has 2 aromatic rings. The first kappa shape index (κ1) is 19.3. The highest BCUT2D eigenvalue weighted by atomic mass is 35.5. The van der Waals surface area contributed by atoms with Gasteiger partial charge in [-0.25, -0.2) is 14.4 Å². The summed E-state index contributed by atoms with van der Waals surface area (Å²) in [5.74, 6) is 0.930. The number of hydrogen-bond donors (Lipinski definition) is 2. The number of carbonyl (C=O) groups is 2. The van der Waals surface area contributed by atoms with Crippen LogP contribution in [0.15, 0.2) is 18.2 Å². The smallest absolute Gasteiger partial charge is 0.317 e. The van der Waals surface area contributed by atoms with Crippen molar-refractivity contribution in [2.24, 2.45) is 5.73 Å². The lowest BCUT2D eigenvalue weighted by Crippen LogP contribution is -2.53. The first-order valence-electron chi connectivity index (χ1n) is 9.17. The van der Waals surface area contributed by atoms with Crippen LogP contribution in [0.2, 0.25) is 17.7 Å². The molecule has 0 saturated carbocycles. The van der Waals surface area contributed by atoms with E-state index in [0.29, 0.717) is 42.7 Å². The van der Waals surface area contributed by atoms with Crippen LogP contribution in [0, 0.1) is 17.0 Å². The lowest BCUT2D eigenvalue weighted by atomic mass is 9.34. The number of nitrogens with one attached hydrogen (secondary N) is 1. The topological polar surface area (TPSA) is 117 Å². The molecule has 1 saturated heterocycles. The van der Waals surface area contributed by atoms with Crippen molar-refractivity contribution < 1.29 is 14.0 Å². The van der Waals surface area contributed by atoms with Crippen molar-refractivity contribution in [3.05, 3.63) is 40.3 Å². The van der Waals surface area contributed by atoms with E-state index in [-0.39, 0.29) is 35.9 Å². The maximum absolute atomic E-state index is 13.5. The van der Waals surface area contributed by atoms with Crippen LogP contribution in [0.25, 0.3) is 11.3 Å². The third-order valence-electron chi connectivity index (χ3n) is 5.35. The number of nitrogens with two attached hydrogens (primary N) is 1. The van der Waals surface area contributed by atoms with Crippen LogP contribution >= 0.6 is 11.6 Å². The van der Waals surface area contributed by atoms with Crippen molar-refractivity contribution in [2.75, 3.05) is 6.54 Å². The second kappa shape index (κ2) is 7.41. The lowest BCUT2D eigenvalue weighted by Gasteiger charge is -2.34. The first-order valence-corrected chi connectivity index (χ1v) is 9.55. The summed E-state index contributed by atoms with van der Waals surface area (Å²) < 4.78 is 15.2. The largest absolute Gasteiger partial charge is 0.365 e. The van der Waals surface area contributed by atoms with Gasteiger partial charge in [-0.3, -0.25) is 9.48 Å². The number of nitriles is 1. The average Bonchev–Trinajstić information content (AvgIpc) is 3.05. The number of amides is 3.